The van der Waals surface area contributed by atoms with E-state index in [1.165, 1.54) is 36.0 Å². The minimum absolute atomic E-state index is 0.0126. The number of hydrogen-bond donors (Lipinski definition) is 2. The first kappa shape index (κ1) is 20.1. The number of primary sulfonamides is 1. The number of benzene rings is 2. The summed E-state index contributed by atoms with van der Waals surface area (Å²) >= 11 is 1.34. The Morgan fingerprint density at radius 3 is 2.46 bits per heavy atom. The third kappa shape index (κ3) is 5.41. The van der Waals surface area contributed by atoms with Crippen molar-refractivity contribution in [2.24, 2.45) is 5.14 Å². The molecule has 3 N–H and O–H groups in total. The van der Waals surface area contributed by atoms with Crippen LogP contribution in [0.1, 0.15) is 11.4 Å². The van der Waals surface area contributed by atoms with Crippen LogP contribution in [-0.4, -0.2) is 30.2 Å². The van der Waals surface area contributed by atoms with Crippen molar-refractivity contribution < 1.29 is 17.7 Å². The minimum atomic E-state index is -3.75. The fourth-order valence-electron chi connectivity index (χ4n) is 2.29. The molecule has 0 radical (unpaired) electrons. The SMILES string of the molecule is Cc1ccc(-c2nc(CSCC(=O)Nc3ccc(S(N)(=O)=O)cc3)no2)cc1. The number of rotatable bonds is 7. The predicted octanol–water partition coefficient (Wildman–Crippen LogP) is 2.56. The number of carbonyl (C=O) groups excluding carboxylic acids is 1. The van der Waals surface area contributed by atoms with Gasteiger partial charge in [0.05, 0.1) is 16.4 Å². The highest BCUT2D eigenvalue weighted by Crippen LogP contribution is 2.19. The quantitative estimate of drug-likeness (QED) is 0.603. The van der Waals surface area contributed by atoms with Crippen molar-refractivity contribution in [1.29, 1.82) is 0 Å². The topological polar surface area (TPSA) is 128 Å². The maximum atomic E-state index is 12.0. The lowest BCUT2D eigenvalue weighted by molar-refractivity contribution is -0.113. The van der Waals surface area contributed by atoms with Crippen LogP contribution in [0, 0.1) is 6.92 Å². The van der Waals surface area contributed by atoms with Crippen LogP contribution in [0.4, 0.5) is 5.69 Å². The number of nitrogens with zero attached hydrogens (tertiary/aromatic N) is 2. The van der Waals surface area contributed by atoms with Gasteiger partial charge in [0.1, 0.15) is 0 Å². The molecule has 0 saturated heterocycles. The van der Waals surface area contributed by atoms with Gasteiger partial charge in [-0.1, -0.05) is 22.9 Å². The van der Waals surface area contributed by atoms with Gasteiger partial charge in [0.15, 0.2) is 5.82 Å². The van der Waals surface area contributed by atoms with E-state index in [1.807, 2.05) is 31.2 Å². The van der Waals surface area contributed by atoms with Crippen LogP contribution >= 0.6 is 11.8 Å². The number of carbonyl (C=O) groups is 1. The lowest BCUT2D eigenvalue weighted by Gasteiger charge is -2.05. The third-order valence-corrected chi connectivity index (χ3v) is 5.56. The van der Waals surface area contributed by atoms with Crippen molar-refractivity contribution in [3.8, 4) is 11.5 Å². The Morgan fingerprint density at radius 1 is 1.14 bits per heavy atom. The largest absolute Gasteiger partial charge is 0.334 e. The van der Waals surface area contributed by atoms with Gasteiger partial charge in [-0.3, -0.25) is 4.79 Å². The summed E-state index contributed by atoms with van der Waals surface area (Å²) in [5.74, 6) is 1.33. The molecule has 1 heterocycles. The molecule has 0 bridgehead atoms. The molecule has 0 aliphatic heterocycles. The van der Waals surface area contributed by atoms with E-state index in [0.29, 0.717) is 23.2 Å². The first-order chi connectivity index (χ1) is 13.3. The van der Waals surface area contributed by atoms with E-state index < -0.39 is 10.0 Å². The van der Waals surface area contributed by atoms with E-state index in [1.54, 1.807) is 0 Å². The first-order valence-corrected chi connectivity index (χ1v) is 10.9. The van der Waals surface area contributed by atoms with Gasteiger partial charge in [-0.15, -0.1) is 11.8 Å². The normalized spacial score (nSPS) is 11.4. The fraction of sp³-hybridized carbons (Fsp3) is 0.167. The molecule has 0 fully saturated rings. The van der Waals surface area contributed by atoms with Crippen LogP contribution in [0.3, 0.4) is 0 Å². The summed E-state index contributed by atoms with van der Waals surface area (Å²) in [6.45, 7) is 2.00. The number of aryl methyl sites for hydroxylation is 1. The molecule has 10 heteroatoms. The molecule has 146 valence electrons. The summed E-state index contributed by atoms with van der Waals surface area (Å²) in [7, 11) is -3.75. The fourth-order valence-corrected chi connectivity index (χ4v) is 3.46. The number of thioether (sulfide) groups is 1. The summed E-state index contributed by atoms with van der Waals surface area (Å²) in [6, 6.07) is 13.4. The molecule has 3 rings (SSSR count). The predicted molar refractivity (Wildman–Crippen MR) is 107 cm³/mol. The monoisotopic (exact) mass is 418 g/mol. The molecule has 1 aromatic heterocycles. The van der Waals surface area contributed by atoms with Crippen LogP contribution in [0.5, 0.6) is 0 Å². The van der Waals surface area contributed by atoms with Crippen LogP contribution in [0.25, 0.3) is 11.5 Å². The van der Waals surface area contributed by atoms with E-state index in [0.717, 1.165) is 11.1 Å². The van der Waals surface area contributed by atoms with Crippen molar-refractivity contribution in [2.75, 3.05) is 11.1 Å². The summed E-state index contributed by atoms with van der Waals surface area (Å²) in [5, 5.41) is 11.6. The second kappa shape index (κ2) is 8.55. The zero-order valence-corrected chi connectivity index (χ0v) is 16.6. The van der Waals surface area contributed by atoms with Crippen LogP contribution < -0.4 is 10.5 Å². The molecule has 8 nitrogen and oxygen atoms in total. The molecule has 0 unspecified atom stereocenters. The molecule has 2 aromatic carbocycles. The summed E-state index contributed by atoms with van der Waals surface area (Å²) in [4.78, 5) is 16.3. The second-order valence-electron chi connectivity index (χ2n) is 5.99. The van der Waals surface area contributed by atoms with Crippen LogP contribution in [0.15, 0.2) is 57.9 Å². The number of amides is 1. The highest BCUT2D eigenvalue weighted by atomic mass is 32.2. The lowest BCUT2D eigenvalue weighted by Crippen LogP contribution is -2.15. The van der Waals surface area contributed by atoms with Crippen molar-refractivity contribution in [2.45, 2.75) is 17.6 Å². The van der Waals surface area contributed by atoms with Crippen molar-refractivity contribution in [3.05, 3.63) is 59.9 Å². The Labute approximate surface area is 166 Å². The highest BCUT2D eigenvalue weighted by molar-refractivity contribution is 7.99. The first-order valence-electron chi connectivity index (χ1n) is 8.21. The van der Waals surface area contributed by atoms with E-state index in [4.69, 9.17) is 9.66 Å². The minimum Gasteiger partial charge on any atom is -0.334 e. The Morgan fingerprint density at radius 2 is 1.82 bits per heavy atom. The molecule has 0 spiro atoms. The molecule has 0 aliphatic carbocycles. The Hall–Kier alpha value is -2.69. The zero-order chi connectivity index (χ0) is 20.1. The number of aromatic nitrogens is 2. The van der Waals surface area contributed by atoms with Gasteiger partial charge in [-0.25, -0.2) is 13.6 Å². The third-order valence-electron chi connectivity index (χ3n) is 3.70. The van der Waals surface area contributed by atoms with E-state index in [9.17, 15) is 13.2 Å². The summed E-state index contributed by atoms with van der Waals surface area (Å²) < 4.78 is 27.7. The van der Waals surface area contributed by atoms with Gasteiger partial charge in [-0.05, 0) is 43.3 Å². The van der Waals surface area contributed by atoms with Gasteiger partial charge < -0.3 is 9.84 Å². The number of sulfonamides is 1. The molecular weight excluding hydrogens is 400 g/mol. The number of nitrogens with one attached hydrogen (secondary N) is 1. The number of nitrogens with two attached hydrogens (primary N) is 1. The standard InChI is InChI=1S/C18H18N4O4S2/c1-12-2-4-13(5-3-12)18-21-16(22-26-18)10-27-11-17(23)20-14-6-8-15(9-7-14)28(19,24)25/h2-9H,10-11H2,1H3,(H,20,23)(H2,19,24,25). The Kier molecular flexibility index (Phi) is 6.12. The van der Waals surface area contributed by atoms with E-state index in [-0.39, 0.29) is 16.6 Å². The highest BCUT2D eigenvalue weighted by Gasteiger charge is 2.11. The molecule has 0 saturated carbocycles. The molecule has 0 atom stereocenters. The van der Waals surface area contributed by atoms with Crippen molar-refractivity contribution in [3.63, 3.8) is 0 Å². The van der Waals surface area contributed by atoms with Crippen LogP contribution in [-0.2, 0) is 20.6 Å². The number of anilines is 1. The van der Waals surface area contributed by atoms with Crippen molar-refractivity contribution >= 4 is 33.4 Å². The smallest absolute Gasteiger partial charge is 0.257 e. The van der Waals surface area contributed by atoms with Gasteiger partial charge >= 0.3 is 0 Å². The Balaban J connectivity index is 1.48. The zero-order valence-electron chi connectivity index (χ0n) is 15.0. The molecule has 0 aliphatic rings. The molecule has 28 heavy (non-hydrogen) atoms. The lowest BCUT2D eigenvalue weighted by atomic mass is 10.1. The van der Waals surface area contributed by atoms with Crippen LogP contribution in [0.2, 0.25) is 0 Å². The average Bonchev–Trinajstić information content (AvgIpc) is 3.11. The summed E-state index contributed by atoms with van der Waals surface area (Å²) in [6.07, 6.45) is 0. The van der Waals surface area contributed by atoms with E-state index in [2.05, 4.69) is 15.5 Å². The van der Waals surface area contributed by atoms with Gasteiger partial charge in [0, 0.05) is 11.3 Å². The van der Waals surface area contributed by atoms with Crippen molar-refractivity contribution in [1.82, 2.24) is 10.1 Å². The molecule has 3 aromatic rings. The van der Waals surface area contributed by atoms with Gasteiger partial charge in [0.25, 0.3) is 5.89 Å². The number of hydrogen-bond acceptors (Lipinski definition) is 7. The Bertz CT molecular complexity index is 1060. The maximum absolute atomic E-state index is 12.0. The molecular formula is C18H18N4O4S2. The van der Waals surface area contributed by atoms with Gasteiger partial charge in [0.2, 0.25) is 15.9 Å². The second-order valence-corrected chi connectivity index (χ2v) is 8.54. The maximum Gasteiger partial charge on any atom is 0.257 e. The molecule has 1 amide bonds. The summed E-state index contributed by atoms with van der Waals surface area (Å²) in [5.41, 5.74) is 2.47. The van der Waals surface area contributed by atoms with E-state index >= 15 is 0 Å². The van der Waals surface area contributed by atoms with Gasteiger partial charge in [-0.2, -0.15) is 4.98 Å². The average molecular weight is 419 g/mol.